The summed E-state index contributed by atoms with van der Waals surface area (Å²) in [5.41, 5.74) is 2.17. The zero-order valence-electron chi connectivity index (χ0n) is 11.2. The van der Waals surface area contributed by atoms with Crippen LogP contribution < -0.4 is 5.32 Å². The van der Waals surface area contributed by atoms with Gasteiger partial charge in [-0.3, -0.25) is 4.79 Å². The highest BCUT2D eigenvalue weighted by atomic mass is 16.5. The van der Waals surface area contributed by atoms with Crippen molar-refractivity contribution >= 4 is 5.91 Å². The zero-order valence-corrected chi connectivity index (χ0v) is 11.2. The number of benzene rings is 1. The second-order valence-electron chi connectivity index (χ2n) is 4.39. The molecule has 1 aromatic carbocycles. The second kappa shape index (κ2) is 7.84. The molecule has 0 aliphatic heterocycles. The van der Waals surface area contributed by atoms with E-state index in [2.05, 4.69) is 5.32 Å². The molecule has 4 nitrogen and oxygen atoms in total. The lowest BCUT2D eigenvalue weighted by atomic mass is 10.1. The highest BCUT2D eigenvalue weighted by Crippen LogP contribution is 2.07. The summed E-state index contributed by atoms with van der Waals surface area (Å²) in [4.78, 5) is 11.3. The molecule has 0 saturated heterocycles. The van der Waals surface area contributed by atoms with Gasteiger partial charge >= 0.3 is 0 Å². The van der Waals surface area contributed by atoms with Crippen LogP contribution in [-0.4, -0.2) is 25.7 Å². The van der Waals surface area contributed by atoms with Gasteiger partial charge in [-0.2, -0.15) is 0 Å². The number of rotatable bonds is 7. The lowest BCUT2D eigenvalue weighted by molar-refractivity contribution is -0.124. The Labute approximate surface area is 108 Å². The van der Waals surface area contributed by atoms with Crippen LogP contribution in [0.3, 0.4) is 0 Å². The molecule has 0 aliphatic carbocycles. The Kier molecular flexibility index (Phi) is 6.39. The molecule has 0 bridgehead atoms. The van der Waals surface area contributed by atoms with Crippen molar-refractivity contribution in [3.05, 3.63) is 35.4 Å². The summed E-state index contributed by atoms with van der Waals surface area (Å²) in [5, 5.41) is 2.79. The van der Waals surface area contributed by atoms with Crippen LogP contribution in [-0.2, 0) is 27.4 Å². The molecule has 0 fully saturated rings. The molecule has 1 N–H and O–H groups in total. The molecule has 0 unspecified atom stereocenters. The van der Waals surface area contributed by atoms with Gasteiger partial charge in [0.05, 0.1) is 12.7 Å². The molecule has 4 heteroatoms. The molecule has 0 aliphatic rings. The Morgan fingerprint density at radius 3 is 2.72 bits per heavy atom. The van der Waals surface area contributed by atoms with E-state index < -0.39 is 0 Å². The maximum atomic E-state index is 11.3. The molecule has 100 valence electrons. The van der Waals surface area contributed by atoms with Crippen molar-refractivity contribution < 1.29 is 14.3 Å². The molecule has 0 spiro atoms. The van der Waals surface area contributed by atoms with Crippen LogP contribution in [0, 0.1) is 0 Å². The van der Waals surface area contributed by atoms with E-state index in [9.17, 15) is 4.79 Å². The fourth-order valence-corrected chi connectivity index (χ4v) is 1.48. The summed E-state index contributed by atoms with van der Waals surface area (Å²) in [5.74, 6) is -0.110. The predicted octanol–water partition coefficient (Wildman–Crippen LogP) is 1.87. The highest BCUT2D eigenvalue weighted by molar-refractivity contribution is 5.77. The molecule has 1 rings (SSSR count). The maximum Gasteiger partial charge on any atom is 0.246 e. The molecule has 0 radical (unpaired) electrons. The van der Waals surface area contributed by atoms with E-state index in [1.165, 1.54) is 7.11 Å². The Morgan fingerprint density at radius 2 is 2.06 bits per heavy atom. The number of methoxy groups -OCH3 is 1. The van der Waals surface area contributed by atoms with E-state index in [4.69, 9.17) is 9.47 Å². The van der Waals surface area contributed by atoms with E-state index in [1.807, 2.05) is 38.1 Å². The van der Waals surface area contributed by atoms with Gasteiger partial charge in [-0.1, -0.05) is 24.3 Å². The van der Waals surface area contributed by atoms with Crippen molar-refractivity contribution in [2.45, 2.75) is 33.1 Å². The molecule has 1 amide bonds. The minimum atomic E-state index is -0.110. The largest absolute Gasteiger partial charge is 0.375 e. The first-order chi connectivity index (χ1) is 8.61. The Bertz CT molecular complexity index is 377. The first kappa shape index (κ1) is 14.7. The minimum absolute atomic E-state index is 0.0934. The van der Waals surface area contributed by atoms with E-state index in [-0.39, 0.29) is 18.6 Å². The van der Waals surface area contributed by atoms with Crippen LogP contribution in [0.2, 0.25) is 0 Å². The van der Waals surface area contributed by atoms with E-state index in [1.54, 1.807) is 0 Å². The first-order valence-electron chi connectivity index (χ1n) is 6.07. The standard InChI is InChI=1S/C14H21NO3/c1-11(2)18-9-13-6-4-5-12(7-13)8-15-14(16)10-17-3/h4-7,11H,8-10H2,1-3H3,(H,15,16). The smallest absolute Gasteiger partial charge is 0.246 e. The lowest BCUT2D eigenvalue weighted by Crippen LogP contribution is -2.26. The number of hydrogen-bond donors (Lipinski definition) is 1. The third kappa shape index (κ3) is 5.80. The molecule has 1 aromatic rings. The van der Waals surface area contributed by atoms with Crippen molar-refractivity contribution in [3.63, 3.8) is 0 Å². The fraction of sp³-hybridized carbons (Fsp3) is 0.500. The van der Waals surface area contributed by atoms with Crippen LogP contribution in [0.5, 0.6) is 0 Å². The van der Waals surface area contributed by atoms with E-state index in [0.717, 1.165) is 11.1 Å². The van der Waals surface area contributed by atoms with Gasteiger partial charge in [0.1, 0.15) is 6.61 Å². The van der Waals surface area contributed by atoms with E-state index >= 15 is 0 Å². The number of carbonyl (C=O) groups is 1. The van der Waals surface area contributed by atoms with Gasteiger partial charge in [0, 0.05) is 13.7 Å². The van der Waals surface area contributed by atoms with Crippen molar-refractivity contribution in [1.29, 1.82) is 0 Å². The second-order valence-corrected chi connectivity index (χ2v) is 4.39. The number of carbonyl (C=O) groups excluding carboxylic acids is 1. The van der Waals surface area contributed by atoms with Gasteiger partial charge in [-0.05, 0) is 25.0 Å². The van der Waals surface area contributed by atoms with Crippen LogP contribution in [0.15, 0.2) is 24.3 Å². The summed E-state index contributed by atoms with van der Waals surface area (Å²) in [6.07, 6.45) is 0.218. The molecule has 0 atom stereocenters. The number of amides is 1. The third-order valence-electron chi connectivity index (χ3n) is 2.34. The number of nitrogens with one attached hydrogen (secondary N) is 1. The Balaban J connectivity index is 2.46. The van der Waals surface area contributed by atoms with Crippen LogP contribution >= 0.6 is 0 Å². The van der Waals surface area contributed by atoms with Gasteiger partial charge in [-0.25, -0.2) is 0 Å². The molecular formula is C14H21NO3. The Hall–Kier alpha value is -1.39. The normalized spacial score (nSPS) is 10.7. The summed E-state index contributed by atoms with van der Waals surface area (Å²) in [7, 11) is 1.50. The third-order valence-corrected chi connectivity index (χ3v) is 2.34. The lowest BCUT2D eigenvalue weighted by Gasteiger charge is -2.09. The average Bonchev–Trinajstić information content (AvgIpc) is 2.35. The Morgan fingerprint density at radius 1 is 1.33 bits per heavy atom. The maximum absolute atomic E-state index is 11.3. The number of hydrogen-bond acceptors (Lipinski definition) is 3. The molecule has 0 saturated carbocycles. The monoisotopic (exact) mass is 251 g/mol. The first-order valence-corrected chi connectivity index (χ1v) is 6.07. The van der Waals surface area contributed by atoms with Gasteiger partial charge in [-0.15, -0.1) is 0 Å². The van der Waals surface area contributed by atoms with Crippen LogP contribution in [0.4, 0.5) is 0 Å². The molecule has 0 heterocycles. The highest BCUT2D eigenvalue weighted by Gasteiger charge is 2.01. The van der Waals surface area contributed by atoms with Crippen molar-refractivity contribution in [2.24, 2.45) is 0 Å². The quantitative estimate of drug-likeness (QED) is 0.805. The van der Waals surface area contributed by atoms with Crippen LogP contribution in [0.1, 0.15) is 25.0 Å². The van der Waals surface area contributed by atoms with Gasteiger partial charge in [0.15, 0.2) is 0 Å². The SMILES string of the molecule is COCC(=O)NCc1cccc(COC(C)C)c1. The summed E-state index contributed by atoms with van der Waals surface area (Å²) in [6, 6.07) is 8.00. The fourth-order valence-electron chi connectivity index (χ4n) is 1.48. The zero-order chi connectivity index (χ0) is 13.4. The van der Waals surface area contributed by atoms with Crippen molar-refractivity contribution in [1.82, 2.24) is 5.32 Å². The number of ether oxygens (including phenoxy) is 2. The van der Waals surface area contributed by atoms with Crippen molar-refractivity contribution in [2.75, 3.05) is 13.7 Å². The predicted molar refractivity (Wildman–Crippen MR) is 70.1 cm³/mol. The minimum Gasteiger partial charge on any atom is -0.375 e. The van der Waals surface area contributed by atoms with Crippen molar-refractivity contribution in [3.8, 4) is 0 Å². The molecule has 18 heavy (non-hydrogen) atoms. The average molecular weight is 251 g/mol. The molecule has 0 aromatic heterocycles. The summed E-state index contributed by atoms with van der Waals surface area (Å²) in [6.45, 7) is 5.22. The van der Waals surface area contributed by atoms with Crippen LogP contribution in [0.25, 0.3) is 0 Å². The van der Waals surface area contributed by atoms with Gasteiger partial charge in [0.25, 0.3) is 0 Å². The van der Waals surface area contributed by atoms with Gasteiger partial charge < -0.3 is 14.8 Å². The summed E-state index contributed by atoms with van der Waals surface area (Å²) >= 11 is 0. The topological polar surface area (TPSA) is 47.6 Å². The van der Waals surface area contributed by atoms with Gasteiger partial charge in [0.2, 0.25) is 5.91 Å². The van der Waals surface area contributed by atoms with E-state index in [0.29, 0.717) is 13.2 Å². The summed E-state index contributed by atoms with van der Waals surface area (Å²) < 4.78 is 10.3. The molecular weight excluding hydrogens is 230 g/mol.